The number of rotatable bonds is 7. The molecule has 3 amide bonds. The lowest BCUT2D eigenvalue weighted by Gasteiger charge is -2.08. The molecule has 0 radical (unpaired) electrons. The summed E-state index contributed by atoms with van der Waals surface area (Å²) in [5, 5.41) is 8.28. The molecule has 0 saturated carbocycles. The van der Waals surface area contributed by atoms with Crippen molar-refractivity contribution in [3.63, 3.8) is 0 Å². The summed E-state index contributed by atoms with van der Waals surface area (Å²) in [6.07, 6.45) is 0.211. The molecular formula is C20H23N5O2. The predicted octanol–water partition coefficient (Wildman–Crippen LogP) is 2.08. The fourth-order valence-electron chi connectivity index (χ4n) is 2.75. The highest BCUT2D eigenvalue weighted by atomic mass is 16.2. The standard InChI is InChI=1S/C20H23N5O2/c1-25-17-10-6-5-9-16(17)24-18(25)14-22-19(26)11-12-21-20(27)23-13-15-7-3-2-4-8-15/h2-10H,11-14H2,1H3,(H,22,26)(H2,21,23,27). The van der Waals surface area contributed by atoms with E-state index in [-0.39, 0.29) is 24.9 Å². The Morgan fingerprint density at radius 2 is 1.67 bits per heavy atom. The maximum atomic E-state index is 12.0. The second kappa shape index (κ2) is 8.84. The minimum absolute atomic E-state index is 0.134. The lowest BCUT2D eigenvalue weighted by molar-refractivity contribution is -0.121. The van der Waals surface area contributed by atoms with E-state index in [1.54, 1.807) is 0 Å². The van der Waals surface area contributed by atoms with Gasteiger partial charge in [-0.15, -0.1) is 0 Å². The molecule has 1 heterocycles. The highest BCUT2D eigenvalue weighted by Crippen LogP contribution is 2.13. The maximum absolute atomic E-state index is 12.0. The van der Waals surface area contributed by atoms with Gasteiger partial charge < -0.3 is 20.5 Å². The first-order valence-electron chi connectivity index (χ1n) is 8.86. The molecule has 27 heavy (non-hydrogen) atoms. The molecule has 140 valence electrons. The first kappa shape index (κ1) is 18.4. The van der Waals surface area contributed by atoms with E-state index in [9.17, 15) is 9.59 Å². The maximum Gasteiger partial charge on any atom is 0.315 e. The minimum atomic E-state index is -0.290. The van der Waals surface area contributed by atoms with E-state index in [1.807, 2.05) is 66.2 Å². The zero-order valence-corrected chi connectivity index (χ0v) is 15.2. The summed E-state index contributed by atoms with van der Waals surface area (Å²) < 4.78 is 1.96. The molecule has 0 unspecified atom stereocenters. The molecule has 3 rings (SSSR count). The first-order chi connectivity index (χ1) is 13.1. The Hall–Kier alpha value is -3.35. The number of carbonyl (C=O) groups is 2. The van der Waals surface area contributed by atoms with E-state index in [0.29, 0.717) is 13.1 Å². The number of para-hydroxylation sites is 2. The third-order valence-corrected chi connectivity index (χ3v) is 4.26. The topological polar surface area (TPSA) is 88.0 Å². The van der Waals surface area contributed by atoms with Crippen LogP contribution in [0.3, 0.4) is 0 Å². The van der Waals surface area contributed by atoms with Gasteiger partial charge in [-0.25, -0.2) is 9.78 Å². The molecular weight excluding hydrogens is 342 g/mol. The largest absolute Gasteiger partial charge is 0.349 e. The lowest BCUT2D eigenvalue weighted by atomic mass is 10.2. The molecule has 0 atom stereocenters. The highest BCUT2D eigenvalue weighted by molar-refractivity contribution is 5.78. The summed E-state index contributed by atoms with van der Waals surface area (Å²) in [5.41, 5.74) is 2.95. The monoisotopic (exact) mass is 365 g/mol. The molecule has 0 aliphatic heterocycles. The van der Waals surface area contributed by atoms with Crippen LogP contribution in [0.5, 0.6) is 0 Å². The third kappa shape index (κ3) is 5.07. The summed E-state index contributed by atoms with van der Waals surface area (Å²) in [4.78, 5) is 28.3. The van der Waals surface area contributed by atoms with Gasteiger partial charge in [0.05, 0.1) is 17.6 Å². The van der Waals surface area contributed by atoms with Crippen LogP contribution in [0.4, 0.5) is 4.79 Å². The molecule has 0 bridgehead atoms. The molecule has 0 spiro atoms. The molecule has 3 aromatic rings. The van der Waals surface area contributed by atoms with Gasteiger partial charge in [0, 0.05) is 26.6 Å². The Bertz CT molecular complexity index is 921. The van der Waals surface area contributed by atoms with Gasteiger partial charge >= 0.3 is 6.03 Å². The van der Waals surface area contributed by atoms with Crippen molar-refractivity contribution < 1.29 is 9.59 Å². The van der Waals surface area contributed by atoms with Crippen molar-refractivity contribution in [3.8, 4) is 0 Å². The van der Waals surface area contributed by atoms with Gasteiger partial charge in [0.2, 0.25) is 5.91 Å². The van der Waals surface area contributed by atoms with Crippen molar-refractivity contribution in [2.24, 2.45) is 7.05 Å². The number of aryl methyl sites for hydroxylation is 1. The molecule has 7 heteroatoms. The van der Waals surface area contributed by atoms with Gasteiger partial charge in [-0.3, -0.25) is 4.79 Å². The van der Waals surface area contributed by atoms with Crippen LogP contribution >= 0.6 is 0 Å². The lowest BCUT2D eigenvalue weighted by Crippen LogP contribution is -2.37. The number of hydrogen-bond acceptors (Lipinski definition) is 3. The van der Waals surface area contributed by atoms with Gasteiger partial charge in [0.15, 0.2) is 0 Å². The molecule has 0 aliphatic rings. The Balaban J connectivity index is 1.37. The molecule has 0 fully saturated rings. The van der Waals surface area contributed by atoms with Gasteiger partial charge in [0.1, 0.15) is 5.82 Å². The number of carbonyl (C=O) groups excluding carboxylic acids is 2. The van der Waals surface area contributed by atoms with E-state index in [4.69, 9.17) is 0 Å². The number of urea groups is 1. The normalized spacial score (nSPS) is 10.6. The third-order valence-electron chi connectivity index (χ3n) is 4.26. The molecule has 0 aliphatic carbocycles. The number of fused-ring (bicyclic) bond motifs is 1. The fourth-order valence-corrected chi connectivity index (χ4v) is 2.75. The summed E-state index contributed by atoms with van der Waals surface area (Å²) >= 11 is 0. The first-order valence-corrected chi connectivity index (χ1v) is 8.86. The zero-order valence-electron chi connectivity index (χ0n) is 15.2. The van der Waals surface area contributed by atoms with Crippen molar-refractivity contribution in [1.82, 2.24) is 25.5 Å². The van der Waals surface area contributed by atoms with E-state index in [2.05, 4.69) is 20.9 Å². The summed E-state index contributed by atoms with van der Waals surface area (Å²) in [6, 6.07) is 17.2. The average molecular weight is 365 g/mol. The molecule has 3 N–H and O–H groups in total. The number of nitrogens with one attached hydrogen (secondary N) is 3. The highest BCUT2D eigenvalue weighted by Gasteiger charge is 2.09. The van der Waals surface area contributed by atoms with Crippen LogP contribution in [-0.2, 0) is 24.9 Å². The number of amides is 3. The smallest absolute Gasteiger partial charge is 0.315 e. The number of aromatic nitrogens is 2. The quantitative estimate of drug-likeness (QED) is 0.599. The molecule has 7 nitrogen and oxygen atoms in total. The van der Waals surface area contributed by atoms with Crippen molar-refractivity contribution in [1.29, 1.82) is 0 Å². The second-order valence-electron chi connectivity index (χ2n) is 6.20. The predicted molar refractivity (Wildman–Crippen MR) is 104 cm³/mol. The molecule has 0 saturated heterocycles. The molecule has 2 aromatic carbocycles. The van der Waals surface area contributed by atoms with Crippen molar-refractivity contribution in [2.45, 2.75) is 19.5 Å². The van der Waals surface area contributed by atoms with Crippen molar-refractivity contribution in [3.05, 3.63) is 66.0 Å². The van der Waals surface area contributed by atoms with Crippen LogP contribution in [0, 0.1) is 0 Å². The second-order valence-corrected chi connectivity index (χ2v) is 6.20. The SMILES string of the molecule is Cn1c(CNC(=O)CCNC(=O)NCc2ccccc2)nc2ccccc21. The van der Waals surface area contributed by atoms with Crippen LogP contribution in [0.1, 0.15) is 17.8 Å². The van der Waals surface area contributed by atoms with E-state index in [1.165, 1.54) is 0 Å². The van der Waals surface area contributed by atoms with Gasteiger partial charge in [-0.2, -0.15) is 0 Å². The van der Waals surface area contributed by atoms with Crippen LogP contribution in [0.25, 0.3) is 11.0 Å². The number of hydrogen-bond donors (Lipinski definition) is 3. The Labute approximate surface area is 157 Å². The van der Waals surface area contributed by atoms with Gasteiger partial charge in [-0.05, 0) is 17.7 Å². The van der Waals surface area contributed by atoms with Crippen LogP contribution in [0.15, 0.2) is 54.6 Å². The number of imidazole rings is 1. The van der Waals surface area contributed by atoms with Gasteiger partial charge in [0.25, 0.3) is 0 Å². The van der Waals surface area contributed by atoms with E-state index >= 15 is 0 Å². The van der Waals surface area contributed by atoms with Crippen molar-refractivity contribution in [2.75, 3.05) is 6.54 Å². The van der Waals surface area contributed by atoms with Crippen LogP contribution < -0.4 is 16.0 Å². The van der Waals surface area contributed by atoms with Crippen molar-refractivity contribution >= 4 is 23.0 Å². The van der Waals surface area contributed by atoms with Gasteiger partial charge in [-0.1, -0.05) is 42.5 Å². The molecule has 1 aromatic heterocycles. The summed E-state index contributed by atoms with van der Waals surface area (Å²) in [6.45, 7) is 1.07. The fraction of sp³-hybridized carbons (Fsp3) is 0.250. The average Bonchev–Trinajstić information content (AvgIpc) is 3.02. The Morgan fingerprint density at radius 3 is 2.44 bits per heavy atom. The Kier molecular flexibility index (Phi) is 6.04. The minimum Gasteiger partial charge on any atom is -0.349 e. The number of benzene rings is 2. The summed E-state index contributed by atoms with van der Waals surface area (Å²) in [5.74, 6) is 0.656. The van der Waals surface area contributed by atoms with Crippen LogP contribution in [-0.4, -0.2) is 28.0 Å². The van der Waals surface area contributed by atoms with E-state index < -0.39 is 0 Å². The Morgan fingerprint density at radius 1 is 0.926 bits per heavy atom. The number of nitrogens with zero attached hydrogens (tertiary/aromatic N) is 2. The zero-order chi connectivity index (χ0) is 19.1. The van der Waals surface area contributed by atoms with E-state index in [0.717, 1.165) is 22.4 Å². The summed E-state index contributed by atoms with van der Waals surface area (Å²) in [7, 11) is 1.93. The van der Waals surface area contributed by atoms with Crippen LogP contribution in [0.2, 0.25) is 0 Å².